The quantitative estimate of drug-likeness (QED) is 0.644. The molecule has 2 N–H and O–H groups in total. The van der Waals surface area contributed by atoms with Crippen LogP contribution in [0.1, 0.15) is 19.3 Å². The summed E-state index contributed by atoms with van der Waals surface area (Å²) in [6.07, 6.45) is 7.71. The topological polar surface area (TPSA) is 89.3 Å². The van der Waals surface area contributed by atoms with E-state index >= 15 is 0 Å². The van der Waals surface area contributed by atoms with Crippen molar-refractivity contribution >= 4 is 18.1 Å². The van der Waals surface area contributed by atoms with Gasteiger partial charge in [-0.25, -0.2) is 9.79 Å². The van der Waals surface area contributed by atoms with Gasteiger partial charge in [0.15, 0.2) is 5.75 Å². The molecule has 1 aromatic heterocycles. The van der Waals surface area contributed by atoms with E-state index in [9.17, 15) is 9.90 Å². The monoisotopic (exact) mass is 294 g/mol. The lowest BCUT2D eigenvalue weighted by Gasteiger charge is -2.23. The van der Waals surface area contributed by atoms with E-state index in [0.29, 0.717) is 5.69 Å². The number of nitrogens with zero attached hydrogens (tertiary/aromatic N) is 4. The number of hydrogen-bond acceptors (Lipinski definition) is 4. The molecule has 0 saturated carbocycles. The Hall–Kier alpha value is -2.31. The van der Waals surface area contributed by atoms with Gasteiger partial charge in [-0.05, 0) is 25.3 Å². The minimum atomic E-state index is -0.907. The predicted molar refractivity (Wildman–Crippen MR) is 81.2 cm³/mol. The lowest BCUT2D eigenvalue weighted by Crippen LogP contribution is -2.27. The highest BCUT2D eigenvalue weighted by Gasteiger charge is 2.06. The molecule has 7 nitrogen and oxygen atoms in total. The maximum atomic E-state index is 9.62. The molecule has 0 aromatic carbocycles. The minimum Gasteiger partial charge on any atom is -0.504 e. The molecule has 0 radical (unpaired) electrons. The van der Waals surface area contributed by atoms with E-state index in [0.717, 1.165) is 18.0 Å². The number of likely N-dealkylation sites (tertiary alicyclic amines) is 1. The van der Waals surface area contributed by atoms with E-state index < -0.39 is 6.09 Å². The second kappa shape index (κ2) is 8.78. The largest absolute Gasteiger partial charge is 0.504 e. The first-order chi connectivity index (χ1) is 10.0. The van der Waals surface area contributed by atoms with Crippen LogP contribution in [0.5, 0.6) is 5.75 Å². The van der Waals surface area contributed by atoms with E-state index in [2.05, 4.69) is 14.9 Å². The number of rotatable bonds is 2. The van der Waals surface area contributed by atoms with Gasteiger partial charge in [0.2, 0.25) is 0 Å². The van der Waals surface area contributed by atoms with Gasteiger partial charge in [0.25, 0.3) is 0 Å². The first kappa shape index (κ1) is 16.7. The Morgan fingerprint density at radius 1 is 1.38 bits per heavy atom. The number of pyridine rings is 1. The molecule has 0 unspecified atom stereocenters. The third-order valence-electron chi connectivity index (χ3n) is 2.91. The Balaban J connectivity index is 0.000000315. The van der Waals surface area contributed by atoms with Crippen LogP contribution in [0.2, 0.25) is 0 Å². The van der Waals surface area contributed by atoms with Crippen LogP contribution in [-0.4, -0.2) is 64.6 Å². The summed E-state index contributed by atoms with van der Waals surface area (Å²) in [6.45, 7) is 2.13. The normalized spacial score (nSPS) is 14.5. The van der Waals surface area contributed by atoms with Gasteiger partial charge in [-0.3, -0.25) is 4.98 Å². The third-order valence-corrected chi connectivity index (χ3v) is 2.91. The van der Waals surface area contributed by atoms with E-state index in [-0.39, 0.29) is 5.75 Å². The second-order valence-electron chi connectivity index (χ2n) is 4.88. The summed E-state index contributed by atoms with van der Waals surface area (Å²) in [6, 6.07) is 1.70. The van der Waals surface area contributed by atoms with Gasteiger partial charge >= 0.3 is 6.09 Å². The SMILES string of the molecule is CN(C)C(=O)O.Oc1cnccc1N=CN1CCCCC1. The number of carbonyl (C=O) groups is 1. The molecule has 1 aliphatic heterocycles. The van der Waals surface area contributed by atoms with E-state index in [1.54, 1.807) is 12.3 Å². The number of aromatic hydroxyl groups is 1. The van der Waals surface area contributed by atoms with Gasteiger partial charge in [0.05, 0.1) is 12.5 Å². The van der Waals surface area contributed by atoms with Crippen molar-refractivity contribution < 1.29 is 15.0 Å². The molecule has 0 atom stereocenters. The van der Waals surface area contributed by atoms with E-state index in [1.165, 1.54) is 39.6 Å². The molecule has 0 spiro atoms. The zero-order valence-electron chi connectivity index (χ0n) is 12.4. The molecular formula is C14H22N4O3. The van der Waals surface area contributed by atoms with Crippen molar-refractivity contribution in [3.8, 4) is 5.75 Å². The molecule has 1 aromatic rings. The smallest absolute Gasteiger partial charge is 0.406 e. The Morgan fingerprint density at radius 3 is 2.52 bits per heavy atom. The molecule has 2 heterocycles. The maximum absolute atomic E-state index is 9.62. The lowest BCUT2D eigenvalue weighted by molar-refractivity contribution is 0.165. The second-order valence-corrected chi connectivity index (χ2v) is 4.88. The minimum absolute atomic E-state index is 0.130. The van der Waals surface area contributed by atoms with Gasteiger partial charge < -0.3 is 20.0 Å². The van der Waals surface area contributed by atoms with Crippen LogP contribution in [0.25, 0.3) is 0 Å². The van der Waals surface area contributed by atoms with Crippen LogP contribution >= 0.6 is 0 Å². The van der Waals surface area contributed by atoms with Crippen molar-refractivity contribution in [2.24, 2.45) is 4.99 Å². The molecule has 1 saturated heterocycles. The Labute approximate surface area is 124 Å². The number of aromatic nitrogens is 1. The molecule has 1 fully saturated rings. The lowest BCUT2D eigenvalue weighted by atomic mass is 10.1. The first-order valence-corrected chi connectivity index (χ1v) is 6.82. The highest BCUT2D eigenvalue weighted by molar-refractivity contribution is 5.64. The van der Waals surface area contributed by atoms with E-state index in [4.69, 9.17) is 5.11 Å². The van der Waals surface area contributed by atoms with Gasteiger partial charge in [0, 0.05) is 33.4 Å². The number of hydrogen-bond donors (Lipinski definition) is 2. The molecule has 1 aliphatic rings. The predicted octanol–water partition coefficient (Wildman–Crippen LogP) is 2.16. The molecule has 21 heavy (non-hydrogen) atoms. The Kier molecular flexibility index (Phi) is 7.00. The maximum Gasteiger partial charge on any atom is 0.406 e. The van der Waals surface area contributed by atoms with Crippen LogP contribution < -0.4 is 0 Å². The van der Waals surface area contributed by atoms with Crippen molar-refractivity contribution in [3.05, 3.63) is 18.5 Å². The Morgan fingerprint density at radius 2 is 2.00 bits per heavy atom. The fraction of sp³-hybridized carbons (Fsp3) is 0.500. The van der Waals surface area contributed by atoms with Crippen LogP contribution in [0.4, 0.5) is 10.5 Å². The number of amides is 1. The average molecular weight is 294 g/mol. The summed E-state index contributed by atoms with van der Waals surface area (Å²) >= 11 is 0. The molecule has 116 valence electrons. The zero-order valence-corrected chi connectivity index (χ0v) is 12.4. The molecule has 2 rings (SSSR count). The fourth-order valence-electron chi connectivity index (χ4n) is 1.67. The summed E-state index contributed by atoms with van der Waals surface area (Å²) in [5.74, 6) is 0.130. The summed E-state index contributed by atoms with van der Waals surface area (Å²) in [5.41, 5.74) is 0.579. The van der Waals surface area contributed by atoms with Crippen molar-refractivity contribution in [1.29, 1.82) is 0 Å². The fourth-order valence-corrected chi connectivity index (χ4v) is 1.67. The average Bonchev–Trinajstić information content (AvgIpc) is 2.48. The number of aliphatic imine (C=N–C) groups is 1. The molecular weight excluding hydrogens is 272 g/mol. The number of piperidine rings is 1. The highest BCUT2D eigenvalue weighted by Crippen LogP contribution is 2.23. The summed E-state index contributed by atoms with van der Waals surface area (Å²) in [4.78, 5) is 20.9. The number of carboxylic acid groups (broad SMARTS) is 1. The Bertz CT molecular complexity index is 471. The van der Waals surface area contributed by atoms with Gasteiger partial charge in [-0.15, -0.1) is 0 Å². The summed E-state index contributed by atoms with van der Waals surface area (Å²) in [5, 5.41) is 17.4. The van der Waals surface area contributed by atoms with Gasteiger partial charge in [-0.1, -0.05) is 0 Å². The first-order valence-electron chi connectivity index (χ1n) is 6.82. The van der Waals surface area contributed by atoms with E-state index in [1.807, 2.05) is 6.34 Å². The summed E-state index contributed by atoms with van der Waals surface area (Å²) in [7, 11) is 2.95. The van der Waals surface area contributed by atoms with Crippen molar-refractivity contribution in [2.75, 3.05) is 27.2 Å². The van der Waals surface area contributed by atoms with Crippen molar-refractivity contribution in [2.45, 2.75) is 19.3 Å². The molecule has 0 aliphatic carbocycles. The van der Waals surface area contributed by atoms with Crippen molar-refractivity contribution in [1.82, 2.24) is 14.8 Å². The van der Waals surface area contributed by atoms with Gasteiger partial charge in [0.1, 0.15) is 5.69 Å². The highest BCUT2D eigenvalue weighted by atomic mass is 16.4. The van der Waals surface area contributed by atoms with Gasteiger partial charge in [-0.2, -0.15) is 0 Å². The molecule has 0 bridgehead atoms. The summed E-state index contributed by atoms with van der Waals surface area (Å²) < 4.78 is 0. The van der Waals surface area contributed by atoms with Crippen LogP contribution in [0.15, 0.2) is 23.5 Å². The van der Waals surface area contributed by atoms with Crippen LogP contribution in [0, 0.1) is 0 Å². The standard InChI is InChI=1S/C11H15N3O.C3H7NO2/c15-11-8-12-5-4-10(11)13-9-14-6-2-1-3-7-14;1-4(2)3(5)6/h4-5,8-9,15H,1-3,6-7H2;1-2H3,(H,5,6). The molecule has 1 amide bonds. The van der Waals surface area contributed by atoms with Crippen molar-refractivity contribution in [3.63, 3.8) is 0 Å². The van der Waals surface area contributed by atoms with Crippen LogP contribution in [0.3, 0.4) is 0 Å². The molecule has 7 heteroatoms. The van der Waals surface area contributed by atoms with Crippen LogP contribution in [-0.2, 0) is 0 Å². The third kappa shape index (κ3) is 6.60. The zero-order chi connectivity index (χ0) is 15.7.